The summed E-state index contributed by atoms with van der Waals surface area (Å²) in [5, 5.41) is 14.2. The molecule has 30 heavy (non-hydrogen) atoms. The monoisotopic (exact) mass is 405 g/mol. The lowest BCUT2D eigenvalue weighted by Crippen LogP contribution is -2.45. The van der Waals surface area contributed by atoms with Crippen molar-refractivity contribution in [3.63, 3.8) is 0 Å². The number of hydrogen-bond donors (Lipinski definition) is 2. The van der Waals surface area contributed by atoms with Crippen LogP contribution in [0.25, 0.3) is 22.2 Å². The minimum atomic E-state index is -0.253. The van der Waals surface area contributed by atoms with Gasteiger partial charge in [0.2, 0.25) is 0 Å². The van der Waals surface area contributed by atoms with E-state index in [1.807, 2.05) is 24.3 Å². The fraction of sp³-hybridized carbons (Fsp3) is 0.217. The molecule has 1 atom stereocenters. The average Bonchev–Trinajstić information content (AvgIpc) is 3.24. The first-order chi connectivity index (χ1) is 14.7. The third-order valence-electron chi connectivity index (χ3n) is 5.68. The number of nitrogens with zero attached hydrogens (tertiary/aromatic N) is 3. The van der Waals surface area contributed by atoms with E-state index in [1.54, 1.807) is 18.2 Å². The second-order valence-electron chi connectivity index (χ2n) is 7.58. The van der Waals surface area contributed by atoms with Gasteiger partial charge in [0, 0.05) is 37.8 Å². The first-order valence-corrected chi connectivity index (χ1v) is 9.97. The van der Waals surface area contributed by atoms with Crippen LogP contribution in [-0.4, -0.2) is 39.9 Å². The van der Waals surface area contributed by atoms with Crippen LogP contribution in [0.4, 0.5) is 8.78 Å². The topological polar surface area (TPSA) is 56.8 Å². The summed E-state index contributed by atoms with van der Waals surface area (Å²) in [6, 6.07) is 17.7. The summed E-state index contributed by atoms with van der Waals surface area (Å²) < 4.78 is 28.1. The van der Waals surface area contributed by atoms with Crippen LogP contribution in [0.3, 0.4) is 0 Å². The zero-order valence-corrected chi connectivity index (χ0v) is 16.3. The van der Waals surface area contributed by atoms with E-state index in [4.69, 9.17) is 0 Å². The lowest BCUT2D eigenvalue weighted by atomic mass is 9.99. The second-order valence-corrected chi connectivity index (χ2v) is 7.58. The van der Waals surface area contributed by atoms with Gasteiger partial charge >= 0.3 is 0 Å². The van der Waals surface area contributed by atoms with Gasteiger partial charge in [0.15, 0.2) is 0 Å². The Hall–Kier alpha value is -3.16. The zero-order chi connectivity index (χ0) is 20.5. The molecule has 0 saturated carbocycles. The normalized spacial score (nSPS) is 17.5. The molecule has 0 bridgehead atoms. The van der Waals surface area contributed by atoms with Crippen LogP contribution in [0.15, 0.2) is 60.7 Å². The quantitative estimate of drug-likeness (QED) is 0.538. The molecule has 2 heterocycles. The van der Waals surface area contributed by atoms with Crippen molar-refractivity contribution in [1.82, 2.24) is 25.6 Å². The SMILES string of the molecule is Fc1ccc([C@H]2CNCCN2Cc2cc(-c3ccc4n[nH]nc4c3)ccc2F)cc1. The zero-order valence-electron chi connectivity index (χ0n) is 16.3. The molecule has 2 N–H and O–H groups in total. The summed E-state index contributed by atoms with van der Waals surface area (Å²) in [6.07, 6.45) is 0. The summed E-state index contributed by atoms with van der Waals surface area (Å²) >= 11 is 0. The van der Waals surface area contributed by atoms with Crippen LogP contribution in [0.1, 0.15) is 17.2 Å². The van der Waals surface area contributed by atoms with Gasteiger partial charge in [0.1, 0.15) is 22.7 Å². The van der Waals surface area contributed by atoms with E-state index in [-0.39, 0.29) is 17.7 Å². The van der Waals surface area contributed by atoms with E-state index in [1.165, 1.54) is 18.2 Å². The highest BCUT2D eigenvalue weighted by Crippen LogP contribution is 2.28. The van der Waals surface area contributed by atoms with E-state index in [0.717, 1.165) is 47.4 Å². The molecule has 3 aromatic carbocycles. The molecule has 1 aromatic heterocycles. The highest BCUT2D eigenvalue weighted by Gasteiger charge is 2.24. The minimum absolute atomic E-state index is 0.0638. The summed E-state index contributed by atoms with van der Waals surface area (Å²) in [5.74, 6) is -0.477. The summed E-state index contributed by atoms with van der Waals surface area (Å²) in [6.45, 7) is 2.85. The Balaban J connectivity index is 1.44. The fourth-order valence-corrected chi connectivity index (χ4v) is 4.06. The van der Waals surface area contributed by atoms with Crippen molar-refractivity contribution >= 4 is 11.0 Å². The Labute approximate surface area is 172 Å². The van der Waals surface area contributed by atoms with Gasteiger partial charge in [-0.25, -0.2) is 8.78 Å². The van der Waals surface area contributed by atoms with Crippen LogP contribution in [-0.2, 0) is 6.54 Å². The standard InChI is InChI=1S/C23H21F2N5/c24-19-5-1-15(2-6-19)23-13-26-9-10-30(23)14-18-11-16(3-7-20(18)25)17-4-8-21-22(12-17)28-29-27-21/h1-8,11-12,23,26H,9-10,13-14H2,(H,27,28,29)/t23-/m1/s1. The molecule has 0 amide bonds. The van der Waals surface area contributed by atoms with Crippen LogP contribution < -0.4 is 5.32 Å². The van der Waals surface area contributed by atoms with Crippen LogP contribution in [0.5, 0.6) is 0 Å². The number of nitrogens with one attached hydrogen (secondary N) is 2. The van der Waals surface area contributed by atoms with E-state index in [2.05, 4.69) is 25.6 Å². The number of fused-ring (bicyclic) bond motifs is 1. The molecule has 1 saturated heterocycles. The van der Waals surface area contributed by atoms with Gasteiger partial charge < -0.3 is 5.32 Å². The average molecular weight is 405 g/mol. The molecular formula is C23H21F2N5. The molecule has 1 fully saturated rings. The molecule has 7 heteroatoms. The predicted octanol–water partition coefficient (Wildman–Crippen LogP) is 4.05. The number of halogens is 2. The third-order valence-corrected chi connectivity index (χ3v) is 5.68. The van der Waals surface area contributed by atoms with Crippen LogP contribution in [0.2, 0.25) is 0 Å². The molecule has 0 radical (unpaired) electrons. The van der Waals surface area contributed by atoms with E-state index in [0.29, 0.717) is 12.1 Å². The Morgan fingerprint density at radius 3 is 2.53 bits per heavy atom. The van der Waals surface area contributed by atoms with Gasteiger partial charge in [0.05, 0.1) is 0 Å². The van der Waals surface area contributed by atoms with Crippen molar-refractivity contribution in [3.8, 4) is 11.1 Å². The lowest BCUT2D eigenvalue weighted by molar-refractivity contribution is 0.152. The maximum absolute atomic E-state index is 14.7. The van der Waals surface area contributed by atoms with Crippen LogP contribution in [0, 0.1) is 11.6 Å². The molecule has 0 spiro atoms. The molecule has 1 aliphatic heterocycles. The molecule has 5 rings (SSSR count). The van der Waals surface area contributed by atoms with Crippen molar-refractivity contribution in [2.75, 3.05) is 19.6 Å². The van der Waals surface area contributed by atoms with Gasteiger partial charge in [-0.15, -0.1) is 0 Å². The number of benzene rings is 3. The Morgan fingerprint density at radius 1 is 0.900 bits per heavy atom. The molecule has 152 valence electrons. The molecular weight excluding hydrogens is 384 g/mol. The summed E-state index contributed by atoms with van der Waals surface area (Å²) in [4.78, 5) is 2.24. The van der Waals surface area contributed by atoms with E-state index in [9.17, 15) is 8.78 Å². The van der Waals surface area contributed by atoms with Gasteiger partial charge in [-0.05, 0) is 53.1 Å². The fourth-order valence-electron chi connectivity index (χ4n) is 4.06. The Kier molecular flexibility index (Phi) is 4.98. The maximum atomic E-state index is 14.7. The Morgan fingerprint density at radius 2 is 1.67 bits per heavy atom. The molecule has 0 unspecified atom stereocenters. The van der Waals surface area contributed by atoms with Crippen molar-refractivity contribution in [2.24, 2.45) is 0 Å². The van der Waals surface area contributed by atoms with Gasteiger partial charge in [0.25, 0.3) is 0 Å². The smallest absolute Gasteiger partial charge is 0.127 e. The van der Waals surface area contributed by atoms with Crippen molar-refractivity contribution in [1.29, 1.82) is 0 Å². The van der Waals surface area contributed by atoms with Crippen molar-refractivity contribution < 1.29 is 8.78 Å². The van der Waals surface area contributed by atoms with Crippen molar-refractivity contribution in [3.05, 3.63) is 83.4 Å². The van der Waals surface area contributed by atoms with Gasteiger partial charge in [-0.2, -0.15) is 15.4 Å². The lowest BCUT2D eigenvalue weighted by Gasteiger charge is -2.36. The van der Waals surface area contributed by atoms with Crippen LogP contribution >= 0.6 is 0 Å². The van der Waals surface area contributed by atoms with Gasteiger partial charge in [-0.3, -0.25) is 4.90 Å². The molecule has 5 nitrogen and oxygen atoms in total. The number of rotatable bonds is 4. The molecule has 4 aromatic rings. The third kappa shape index (κ3) is 3.69. The highest BCUT2D eigenvalue weighted by molar-refractivity contribution is 5.81. The Bertz CT molecular complexity index is 1170. The number of aromatic nitrogens is 3. The number of aromatic amines is 1. The largest absolute Gasteiger partial charge is 0.314 e. The number of piperazine rings is 1. The predicted molar refractivity (Wildman–Crippen MR) is 112 cm³/mol. The van der Waals surface area contributed by atoms with E-state index < -0.39 is 0 Å². The molecule has 0 aliphatic carbocycles. The first-order valence-electron chi connectivity index (χ1n) is 9.97. The summed E-state index contributed by atoms with van der Waals surface area (Å²) in [5.41, 5.74) is 5.14. The maximum Gasteiger partial charge on any atom is 0.127 e. The van der Waals surface area contributed by atoms with Gasteiger partial charge in [-0.1, -0.05) is 24.3 Å². The number of H-pyrrole nitrogens is 1. The highest BCUT2D eigenvalue weighted by atomic mass is 19.1. The summed E-state index contributed by atoms with van der Waals surface area (Å²) in [7, 11) is 0. The number of hydrogen-bond acceptors (Lipinski definition) is 4. The first kappa shape index (κ1) is 18.8. The second kappa shape index (κ2) is 7.93. The van der Waals surface area contributed by atoms with E-state index >= 15 is 0 Å². The van der Waals surface area contributed by atoms with Crippen molar-refractivity contribution in [2.45, 2.75) is 12.6 Å². The minimum Gasteiger partial charge on any atom is -0.314 e. The molecule has 1 aliphatic rings.